The maximum Gasteiger partial charge on any atom is 0.201 e. The minimum Gasteiger partial charge on any atom is -0.350 e. The Bertz CT molecular complexity index is 545. The molecule has 1 heterocycles. The Balaban J connectivity index is 2.44. The largest absolute Gasteiger partial charge is 0.350 e. The van der Waals surface area contributed by atoms with Gasteiger partial charge in [-0.3, -0.25) is 0 Å². The van der Waals surface area contributed by atoms with E-state index in [-0.39, 0.29) is 5.41 Å². The number of methoxy groups -OCH3 is 2. The van der Waals surface area contributed by atoms with E-state index in [1.54, 1.807) is 25.6 Å². The van der Waals surface area contributed by atoms with Crippen molar-refractivity contribution in [2.45, 2.75) is 38.4 Å². The fourth-order valence-electron chi connectivity index (χ4n) is 2.79. The van der Waals surface area contributed by atoms with Gasteiger partial charge in [-0.25, -0.2) is 4.98 Å². The predicted octanol–water partition coefficient (Wildman–Crippen LogP) is 4.54. The Kier molecular flexibility index (Phi) is 5.51. The van der Waals surface area contributed by atoms with Crippen molar-refractivity contribution in [1.29, 1.82) is 0 Å². The second-order valence-electron chi connectivity index (χ2n) is 5.04. The highest BCUT2D eigenvalue weighted by molar-refractivity contribution is 7.09. The Hall–Kier alpha value is -1.23. The third-order valence-electron chi connectivity index (χ3n) is 4.13. The number of thiazole rings is 1. The molecule has 0 bridgehead atoms. The molecule has 1 aromatic heterocycles. The SMILES string of the molecule is CCC(CC)(c1ccccc1)c1nc(C(OC)OC)cs1. The monoisotopic (exact) mass is 305 g/mol. The van der Waals surface area contributed by atoms with Gasteiger partial charge in [-0.1, -0.05) is 44.2 Å². The first-order chi connectivity index (χ1) is 10.2. The molecule has 2 aromatic rings. The van der Waals surface area contributed by atoms with Gasteiger partial charge in [0, 0.05) is 25.0 Å². The quantitative estimate of drug-likeness (QED) is 0.704. The lowest BCUT2D eigenvalue weighted by Gasteiger charge is -2.30. The van der Waals surface area contributed by atoms with E-state index < -0.39 is 6.29 Å². The lowest BCUT2D eigenvalue weighted by molar-refractivity contribution is -0.108. The Morgan fingerprint density at radius 3 is 2.24 bits per heavy atom. The summed E-state index contributed by atoms with van der Waals surface area (Å²) in [6.45, 7) is 4.45. The fourth-order valence-corrected chi connectivity index (χ4v) is 3.98. The van der Waals surface area contributed by atoms with Crippen LogP contribution in [0.4, 0.5) is 0 Å². The average Bonchev–Trinajstić information content (AvgIpc) is 3.02. The lowest BCUT2D eigenvalue weighted by Crippen LogP contribution is -2.26. The fraction of sp³-hybridized carbons (Fsp3) is 0.471. The van der Waals surface area contributed by atoms with Crippen LogP contribution in [-0.4, -0.2) is 19.2 Å². The van der Waals surface area contributed by atoms with Gasteiger partial charge in [0.25, 0.3) is 0 Å². The first-order valence-electron chi connectivity index (χ1n) is 7.28. The molecule has 0 spiro atoms. The number of hydrogen-bond acceptors (Lipinski definition) is 4. The minimum atomic E-state index is -0.391. The summed E-state index contributed by atoms with van der Waals surface area (Å²) in [5, 5.41) is 3.17. The first kappa shape index (κ1) is 16.1. The summed E-state index contributed by atoms with van der Waals surface area (Å²) in [6, 6.07) is 10.6. The van der Waals surface area contributed by atoms with Gasteiger partial charge in [-0.05, 0) is 18.4 Å². The van der Waals surface area contributed by atoms with E-state index >= 15 is 0 Å². The highest BCUT2D eigenvalue weighted by Crippen LogP contribution is 2.40. The van der Waals surface area contributed by atoms with Gasteiger partial charge >= 0.3 is 0 Å². The highest BCUT2D eigenvalue weighted by atomic mass is 32.1. The maximum atomic E-state index is 5.31. The van der Waals surface area contributed by atoms with E-state index in [0.717, 1.165) is 23.5 Å². The van der Waals surface area contributed by atoms with Crippen molar-refractivity contribution in [3.8, 4) is 0 Å². The molecule has 4 heteroatoms. The van der Waals surface area contributed by atoms with Gasteiger partial charge in [0.2, 0.25) is 6.29 Å². The molecule has 114 valence electrons. The first-order valence-corrected chi connectivity index (χ1v) is 8.16. The molecule has 21 heavy (non-hydrogen) atoms. The summed E-state index contributed by atoms with van der Waals surface area (Å²) in [4.78, 5) is 4.81. The van der Waals surface area contributed by atoms with E-state index in [9.17, 15) is 0 Å². The van der Waals surface area contributed by atoms with Crippen LogP contribution in [0.2, 0.25) is 0 Å². The molecular formula is C17H23NO2S. The van der Waals surface area contributed by atoms with Crippen molar-refractivity contribution in [2.24, 2.45) is 0 Å². The van der Waals surface area contributed by atoms with Gasteiger partial charge in [0.1, 0.15) is 10.7 Å². The second-order valence-corrected chi connectivity index (χ2v) is 5.89. The molecule has 0 aliphatic carbocycles. The van der Waals surface area contributed by atoms with Crippen molar-refractivity contribution in [1.82, 2.24) is 4.98 Å². The number of rotatable bonds is 7. The smallest absolute Gasteiger partial charge is 0.201 e. The maximum absolute atomic E-state index is 5.31. The molecule has 0 unspecified atom stereocenters. The van der Waals surface area contributed by atoms with E-state index in [4.69, 9.17) is 14.5 Å². The third-order valence-corrected chi connectivity index (χ3v) is 5.20. The van der Waals surface area contributed by atoms with Crippen molar-refractivity contribution >= 4 is 11.3 Å². The highest BCUT2D eigenvalue weighted by Gasteiger charge is 2.34. The van der Waals surface area contributed by atoms with Crippen molar-refractivity contribution < 1.29 is 9.47 Å². The number of hydrogen-bond donors (Lipinski definition) is 0. The van der Waals surface area contributed by atoms with Crippen LogP contribution in [-0.2, 0) is 14.9 Å². The van der Waals surface area contributed by atoms with Crippen LogP contribution in [0, 0.1) is 0 Å². The molecule has 2 rings (SSSR count). The summed E-state index contributed by atoms with van der Waals surface area (Å²) >= 11 is 1.69. The van der Waals surface area contributed by atoms with Gasteiger partial charge in [-0.2, -0.15) is 0 Å². The Morgan fingerprint density at radius 1 is 1.10 bits per heavy atom. The number of aromatic nitrogens is 1. The second kappa shape index (κ2) is 7.16. The zero-order valence-corrected chi connectivity index (χ0v) is 13.9. The van der Waals surface area contributed by atoms with Gasteiger partial charge < -0.3 is 9.47 Å². The van der Waals surface area contributed by atoms with Crippen molar-refractivity contribution in [3.05, 3.63) is 52.0 Å². The summed E-state index contributed by atoms with van der Waals surface area (Å²) in [6.07, 6.45) is 1.65. The molecular weight excluding hydrogens is 282 g/mol. The van der Waals surface area contributed by atoms with Crippen LogP contribution in [0.3, 0.4) is 0 Å². The summed E-state index contributed by atoms with van der Waals surface area (Å²) in [5.74, 6) is 0. The lowest BCUT2D eigenvalue weighted by atomic mass is 9.76. The summed E-state index contributed by atoms with van der Waals surface area (Å²) in [5.41, 5.74) is 2.14. The van der Waals surface area contributed by atoms with Gasteiger partial charge in [0.05, 0.1) is 0 Å². The van der Waals surface area contributed by atoms with E-state index in [0.29, 0.717) is 0 Å². The van der Waals surface area contributed by atoms with Crippen LogP contribution < -0.4 is 0 Å². The van der Waals surface area contributed by atoms with Crippen molar-refractivity contribution in [3.63, 3.8) is 0 Å². The van der Waals surface area contributed by atoms with Gasteiger partial charge in [0.15, 0.2) is 0 Å². The third kappa shape index (κ3) is 3.03. The van der Waals surface area contributed by atoms with Crippen LogP contribution in [0.25, 0.3) is 0 Å². The molecule has 0 amide bonds. The summed E-state index contributed by atoms with van der Waals surface area (Å²) < 4.78 is 10.6. The van der Waals surface area contributed by atoms with Crippen molar-refractivity contribution in [2.75, 3.05) is 14.2 Å². The predicted molar refractivity (Wildman–Crippen MR) is 86.7 cm³/mol. The van der Waals surface area contributed by atoms with E-state index in [2.05, 4.69) is 44.2 Å². The van der Waals surface area contributed by atoms with E-state index in [1.807, 2.05) is 5.38 Å². The molecule has 0 saturated heterocycles. The molecule has 3 nitrogen and oxygen atoms in total. The van der Waals surface area contributed by atoms with Crippen LogP contribution in [0.15, 0.2) is 35.7 Å². The Morgan fingerprint density at radius 2 is 1.71 bits per heavy atom. The molecule has 0 N–H and O–H groups in total. The molecule has 0 radical (unpaired) electrons. The number of benzene rings is 1. The normalized spacial score (nSPS) is 12.0. The summed E-state index contributed by atoms with van der Waals surface area (Å²) in [7, 11) is 3.27. The molecule has 0 atom stereocenters. The van der Waals surface area contributed by atoms with Crippen LogP contribution in [0.1, 0.15) is 49.2 Å². The minimum absolute atomic E-state index is 0.0315. The molecule has 0 saturated carbocycles. The number of ether oxygens (including phenoxy) is 2. The zero-order valence-electron chi connectivity index (χ0n) is 13.1. The van der Waals surface area contributed by atoms with Crippen LogP contribution >= 0.6 is 11.3 Å². The topological polar surface area (TPSA) is 31.4 Å². The molecule has 0 fully saturated rings. The number of nitrogens with zero attached hydrogens (tertiary/aromatic N) is 1. The van der Waals surface area contributed by atoms with Crippen LogP contribution in [0.5, 0.6) is 0 Å². The average molecular weight is 305 g/mol. The standard InChI is InChI=1S/C17H23NO2S/c1-5-17(6-2,13-10-8-7-9-11-13)16-18-14(12-21-16)15(19-3)20-4/h7-12,15H,5-6H2,1-4H3. The molecule has 0 aliphatic heterocycles. The van der Waals surface area contributed by atoms with E-state index in [1.165, 1.54) is 5.56 Å². The van der Waals surface area contributed by atoms with Gasteiger partial charge in [-0.15, -0.1) is 11.3 Å². The zero-order chi connectivity index (χ0) is 15.3. The molecule has 1 aromatic carbocycles. The Labute approximate surface area is 130 Å². The molecule has 0 aliphatic rings.